The molecule has 2 aliphatic rings. The minimum atomic E-state index is -0.218. The number of allylic oxidation sites excluding steroid dienone is 20. The average Bonchev–Trinajstić information content (AvgIpc) is 3.77. The Bertz CT molecular complexity index is 3000. The van der Waals surface area contributed by atoms with Gasteiger partial charge in [0.2, 0.25) is 0 Å². The molecule has 0 N–H and O–H groups in total. The molecule has 0 saturated carbocycles. The number of fused-ring (bicyclic) bond motifs is 4. The molecule has 0 bridgehead atoms. The number of nitrogens with zero attached hydrogens (tertiary/aromatic N) is 1. The summed E-state index contributed by atoms with van der Waals surface area (Å²) in [7, 11) is 0. The number of aryl methyl sites for hydroxylation is 4. The maximum atomic E-state index is 4.59. The van der Waals surface area contributed by atoms with Gasteiger partial charge in [-0.2, -0.15) is 0 Å². The zero-order chi connectivity index (χ0) is 55.5. The summed E-state index contributed by atoms with van der Waals surface area (Å²) < 4.78 is 0. The quantitative estimate of drug-likeness (QED) is 0.0839. The second-order valence-corrected chi connectivity index (χ2v) is 19.0. The Morgan fingerprint density at radius 3 is 1.95 bits per heavy atom. The van der Waals surface area contributed by atoms with Crippen molar-refractivity contribution in [3.05, 3.63) is 293 Å². The molecule has 0 amide bonds. The number of terminal acetylenes is 2. The van der Waals surface area contributed by atoms with Gasteiger partial charge in [0.05, 0.1) is 0 Å². The lowest BCUT2D eigenvalue weighted by molar-refractivity contribution is 0.554. The van der Waals surface area contributed by atoms with Crippen molar-refractivity contribution in [3.8, 4) is 25.7 Å². The van der Waals surface area contributed by atoms with Gasteiger partial charge in [0.15, 0.2) is 0 Å². The Balaban J connectivity index is 0.000000484. The minimum absolute atomic E-state index is 0.218. The molecule has 75 heavy (non-hydrogen) atoms. The van der Waals surface area contributed by atoms with Crippen molar-refractivity contribution in [1.29, 1.82) is 0 Å². The summed E-state index contributed by atoms with van der Waals surface area (Å²) in [6, 6.07) is 42.0. The molecule has 1 heteroatoms. The summed E-state index contributed by atoms with van der Waals surface area (Å²) in [5, 5.41) is 0. The third-order valence-corrected chi connectivity index (χ3v) is 13.6. The van der Waals surface area contributed by atoms with Gasteiger partial charge in [-0.25, -0.2) is 0 Å². The van der Waals surface area contributed by atoms with Crippen LogP contribution in [0.25, 0.3) is 16.7 Å². The topological polar surface area (TPSA) is 3.24 Å². The molecule has 0 radical (unpaired) electrons. The fourth-order valence-corrected chi connectivity index (χ4v) is 9.48. The van der Waals surface area contributed by atoms with Gasteiger partial charge >= 0.3 is 0 Å². The molecular formula is C74H83N. The fourth-order valence-electron chi connectivity index (χ4n) is 9.48. The largest absolute Gasteiger partial charge is 0.314 e. The first-order chi connectivity index (χ1) is 36.2. The van der Waals surface area contributed by atoms with E-state index >= 15 is 0 Å². The van der Waals surface area contributed by atoms with E-state index in [0.29, 0.717) is 0 Å². The van der Waals surface area contributed by atoms with Crippen molar-refractivity contribution >= 4 is 28.1 Å². The van der Waals surface area contributed by atoms with E-state index in [2.05, 4.69) is 289 Å². The first-order valence-corrected chi connectivity index (χ1v) is 26.2. The Morgan fingerprint density at radius 1 is 0.707 bits per heavy atom. The normalized spacial score (nSPS) is 16.4. The predicted octanol–water partition coefficient (Wildman–Crippen LogP) is 20.5. The highest BCUT2D eigenvalue weighted by atomic mass is 15.2. The van der Waals surface area contributed by atoms with Crippen LogP contribution in [-0.2, 0) is 11.8 Å². The second kappa shape index (κ2) is 31.5. The summed E-state index contributed by atoms with van der Waals surface area (Å²) in [4.78, 5) is 2.46. The summed E-state index contributed by atoms with van der Waals surface area (Å²) in [6.07, 6.45) is 47.5. The van der Waals surface area contributed by atoms with Crippen molar-refractivity contribution in [1.82, 2.24) is 0 Å². The van der Waals surface area contributed by atoms with Gasteiger partial charge in [0.25, 0.3) is 0 Å². The Labute approximate surface area is 455 Å². The Kier molecular flexibility index (Phi) is 25.7. The van der Waals surface area contributed by atoms with Crippen LogP contribution in [0.5, 0.6) is 0 Å². The lowest BCUT2D eigenvalue weighted by atomic mass is 9.70. The molecule has 0 heterocycles. The van der Waals surface area contributed by atoms with Crippen molar-refractivity contribution in [2.45, 2.75) is 100 Å². The van der Waals surface area contributed by atoms with E-state index in [0.717, 1.165) is 59.4 Å². The zero-order valence-electron chi connectivity index (χ0n) is 47.0. The summed E-state index contributed by atoms with van der Waals surface area (Å²) in [5.41, 5.74) is 22.2. The van der Waals surface area contributed by atoms with Gasteiger partial charge in [-0.15, -0.1) is 25.7 Å². The third kappa shape index (κ3) is 16.4. The highest BCUT2D eigenvalue weighted by Crippen LogP contribution is 2.55. The molecule has 384 valence electrons. The smallest absolute Gasteiger partial charge is 0.0462 e. The third-order valence-electron chi connectivity index (χ3n) is 13.6. The van der Waals surface area contributed by atoms with E-state index in [1.807, 2.05) is 25.2 Å². The molecule has 5 aromatic rings. The zero-order valence-corrected chi connectivity index (χ0v) is 47.0. The van der Waals surface area contributed by atoms with Crippen LogP contribution >= 0.6 is 0 Å². The number of hydrogen-bond donors (Lipinski definition) is 0. The monoisotopic (exact) mass is 986 g/mol. The van der Waals surface area contributed by atoms with Crippen molar-refractivity contribution in [2.24, 2.45) is 5.92 Å². The van der Waals surface area contributed by atoms with Crippen molar-refractivity contribution in [3.63, 3.8) is 0 Å². The van der Waals surface area contributed by atoms with Crippen LogP contribution in [0.3, 0.4) is 0 Å². The van der Waals surface area contributed by atoms with Crippen LogP contribution in [0.2, 0.25) is 0 Å². The molecule has 2 aliphatic carbocycles. The Hall–Kier alpha value is -8.10. The molecule has 1 nitrogen and oxygen atoms in total. The second-order valence-electron chi connectivity index (χ2n) is 19.0. The average molecular weight is 986 g/mol. The van der Waals surface area contributed by atoms with E-state index in [1.54, 1.807) is 6.08 Å². The SMILES string of the molecule is C#C.C#C.C=C(/C(C)=C\C)c1ccccc1C.C=C\C=C/C=C(C)/C(C=C)=C/C=C(\C(C)C)N(c1ccc(CC)cc1)c1ccc2c(c1)C1(C/C=C\C=C/C2=C)C/C(=C\CC)c2ccccc21.Cc1cccc(C)c1. The van der Waals surface area contributed by atoms with Gasteiger partial charge in [-0.05, 0) is 176 Å². The molecule has 0 aromatic heterocycles. The number of benzene rings is 5. The molecule has 0 fully saturated rings. The van der Waals surface area contributed by atoms with Crippen LogP contribution in [0.1, 0.15) is 118 Å². The molecule has 1 spiro atoms. The minimum Gasteiger partial charge on any atom is -0.314 e. The van der Waals surface area contributed by atoms with Gasteiger partial charge in [0.1, 0.15) is 0 Å². The molecular weight excluding hydrogens is 903 g/mol. The van der Waals surface area contributed by atoms with Crippen molar-refractivity contribution < 1.29 is 0 Å². The lowest BCUT2D eigenvalue weighted by Gasteiger charge is -2.35. The Morgan fingerprint density at radius 2 is 1.36 bits per heavy atom. The first-order valence-electron chi connectivity index (χ1n) is 26.2. The van der Waals surface area contributed by atoms with E-state index in [-0.39, 0.29) is 11.3 Å². The summed E-state index contributed by atoms with van der Waals surface area (Å²) >= 11 is 0. The molecule has 1 unspecified atom stereocenters. The summed E-state index contributed by atoms with van der Waals surface area (Å²) in [6.45, 7) is 38.2. The van der Waals surface area contributed by atoms with Crippen LogP contribution in [0.4, 0.5) is 11.4 Å². The number of anilines is 2. The molecule has 7 rings (SSSR count). The van der Waals surface area contributed by atoms with Crippen LogP contribution in [0, 0.1) is 52.4 Å². The van der Waals surface area contributed by atoms with Gasteiger partial charge < -0.3 is 4.90 Å². The number of hydrogen-bond acceptors (Lipinski definition) is 1. The van der Waals surface area contributed by atoms with E-state index in [9.17, 15) is 0 Å². The van der Waals surface area contributed by atoms with E-state index in [4.69, 9.17) is 0 Å². The van der Waals surface area contributed by atoms with Crippen molar-refractivity contribution in [2.75, 3.05) is 4.90 Å². The highest BCUT2D eigenvalue weighted by molar-refractivity contribution is 5.84. The fraction of sp³-hybridized carbons (Fsp3) is 0.216. The van der Waals surface area contributed by atoms with Crippen LogP contribution in [-0.4, -0.2) is 0 Å². The molecule has 0 aliphatic heterocycles. The summed E-state index contributed by atoms with van der Waals surface area (Å²) in [5.74, 6) is 0.236. The maximum absolute atomic E-state index is 4.59. The van der Waals surface area contributed by atoms with Crippen LogP contribution in [0.15, 0.2) is 243 Å². The van der Waals surface area contributed by atoms with E-state index in [1.165, 1.54) is 66.9 Å². The predicted molar refractivity (Wildman–Crippen MR) is 336 cm³/mol. The van der Waals surface area contributed by atoms with Gasteiger partial charge in [-0.1, -0.05) is 229 Å². The lowest BCUT2D eigenvalue weighted by Crippen LogP contribution is -2.27. The standard InChI is InChI=1S/C49H53N.C13H16.C8H10.2C2H2/c1-9-13-15-21-37(7)40(12-4)27-32-48(36(5)6)50(42-28-25-39(11-3)26-29-42)43-30-31-44-38(8)22-16-14-19-33-49(47(44)34-43)35-41(20-10-2)45-23-17-18-24-46(45)49;1-5-10(2)12(4)13-9-7-6-8-11(13)3;1-7-4-3-5-8(2)6-7;2*1-2/h9,12-32,34,36H,1,4,8,10-11,33,35H2,2-3,5-7H3;5-9H,4H2,1-3H3;3-6H,1-2H3;2*1-2H/b15-13-,19-14-,22-16-,37-21+,40-27+,41-20+,48-32+;10-5-;;;. The number of rotatable bonds is 13. The van der Waals surface area contributed by atoms with Gasteiger partial charge in [-0.3, -0.25) is 0 Å². The van der Waals surface area contributed by atoms with E-state index < -0.39 is 0 Å². The molecule has 5 aromatic carbocycles. The first kappa shape index (κ1) is 61.2. The van der Waals surface area contributed by atoms with Gasteiger partial charge in [0, 0.05) is 22.5 Å². The maximum Gasteiger partial charge on any atom is 0.0462 e. The molecule has 0 saturated heterocycles. The highest BCUT2D eigenvalue weighted by Gasteiger charge is 2.43. The molecule has 1 atom stereocenters. The van der Waals surface area contributed by atoms with Crippen LogP contribution < -0.4 is 4.90 Å².